The summed E-state index contributed by atoms with van der Waals surface area (Å²) in [7, 11) is 3.30. The van der Waals surface area contributed by atoms with Crippen LogP contribution >= 0.6 is 0 Å². The summed E-state index contributed by atoms with van der Waals surface area (Å²) in [5.41, 5.74) is 1.18. The molecule has 0 fully saturated rings. The third-order valence-electron chi connectivity index (χ3n) is 3.39. The smallest absolute Gasteiger partial charge is 0.267 e. The lowest BCUT2D eigenvalue weighted by Crippen LogP contribution is -2.42. The van der Waals surface area contributed by atoms with E-state index in [0.29, 0.717) is 30.2 Å². The molecule has 1 amide bonds. The van der Waals surface area contributed by atoms with Crippen LogP contribution in [-0.2, 0) is 9.53 Å². The fourth-order valence-corrected chi connectivity index (χ4v) is 2.16. The van der Waals surface area contributed by atoms with Gasteiger partial charge in [-0.1, -0.05) is 0 Å². The second kappa shape index (κ2) is 6.69. The van der Waals surface area contributed by atoms with Crippen LogP contribution in [0.5, 0.6) is 5.75 Å². The Kier molecular flexibility index (Phi) is 4.93. The monoisotopic (exact) mass is 292 g/mol. The van der Waals surface area contributed by atoms with Gasteiger partial charge in [0, 0.05) is 26.3 Å². The van der Waals surface area contributed by atoms with Crippen molar-refractivity contribution in [3.8, 4) is 5.75 Å². The number of ketones is 1. The third kappa shape index (κ3) is 3.40. The van der Waals surface area contributed by atoms with Gasteiger partial charge in [0.25, 0.3) is 5.91 Å². The molecule has 2 rings (SSSR count). The summed E-state index contributed by atoms with van der Waals surface area (Å²) in [6.45, 7) is 3.12. The standard InChI is InChI=1S/C15H20N2O4/c1-10-15(19)17(2)12-8-11(4-5-14(12)21-10)13(18)9-16-6-7-20-3/h4-5,8,10,16H,6-7,9H2,1-3H3. The molecule has 1 N–H and O–H groups in total. The van der Waals surface area contributed by atoms with E-state index in [9.17, 15) is 9.59 Å². The van der Waals surface area contributed by atoms with E-state index in [0.717, 1.165) is 0 Å². The van der Waals surface area contributed by atoms with E-state index in [2.05, 4.69) is 5.32 Å². The number of anilines is 1. The van der Waals surface area contributed by atoms with Crippen molar-refractivity contribution in [2.45, 2.75) is 13.0 Å². The van der Waals surface area contributed by atoms with Crippen LogP contribution in [0.2, 0.25) is 0 Å². The van der Waals surface area contributed by atoms with Crippen molar-refractivity contribution < 1.29 is 19.1 Å². The van der Waals surface area contributed by atoms with Crippen molar-refractivity contribution in [3.63, 3.8) is 0 Å². The molecule has 0 spiro atoms. The van der Waals surface area contributed by atoms with Crippen molar-refractivity contribution in [1.82, 2.24) is 5.32 Å². The van der Waals surface area contributed by atoms with Gasteiger partial charge < -0.3 is 19.7 Å². The number of ether oxygens (including phenoxy) is 2. The number of nitrogens with one attached hydrogen (secondary N) is 1. The second-order valence-corrected chi connectivity index (χ2v) is 4.93. The first kappa shape index (κ1) is 15.5. The van der Waals surface area contributed by atoms with Gasteiger partial charge in [-0.15, -0.1) is 0 Å². The summed E-state index contributed by atoms with van der Waals surface area (Å²) in [5, 5.41) is 3.01. The molecule has 6 heteroatoms. The first-order valence-corrected chi connectivity index (χ1v) is 6.85. The predicted molar refractivity (Wildman–Crippen MR) is 79.0 cm³/mol. The molecule has 0 saturated carbocycles. The Bertz CT molecular complexity index is 544. The zero-order valence-corrected chi connectivity index (χ0v) is 12.5. The number of hydrogen-bond donors (Lipinski definition) is 1. The van der Waals surface area contributed by atoms with Gasteiger partial charge in [-0.2, -0.15) is 0 Å². The predicted octanol–water partition coefficient (Wildman–Crippen LogP) is 0.849. The van der Waals surface area contributed by atoms with Crippen molar-refractivity contribution in [1.29, 1.82) is 0 Å². The lowest BCUT2D eigenvalue weighted by atomic mass is 10.1. The van der Waals surface area contributed by atoms with Crippen LogP contribution < -0.4 is 15.0 Å². The minimum atomic E-state index is -0.500. The van der Waals surface area contributed by atoms with Crippen LogP contribution in [-0.4, -0.2) is 51.6 Å². The number of amides is 1. The number of fused-ring (bicyclic) bond motifs is 1. The molecule has 0 aliphatic carbocycles. The van der Waals surface area contributed by atoms with Crippen LogP contribution in [0.3, 0.4) is 0 Å². The van der Waals surface area contributed by atoms with Gasteiger partial charge in [0.1, 0.15) is 5.75 Å². The van der Waals surface area contributed by atoms with E-state index in [1.165, 1.54) is 4.90 Å². The van der Waals surface area contributed by atoms with Gasteiger partial charge in [0.15, 0.2) is 11.9 Å². The number of Topliss-reactive ketones (excluding diaryl/α,β-unsaturated/α-hetero) is 1. The summed E-state index contributed by atoms with van der Waals surface area (Å²) < 4.78 is 10.4. The quantitative estimate of drug-likeness (QED) is 0.622. The fourth-order valence-electron chi connectivity index (χ4n) is 2.16. The molecule has 1 aromatic rings. The van der Waals surface area contributed by atoms with E-state index in [-0.39, 0.29) is 18.2 Å². The molecular formula is C15H20N2O4. The Hall–Kier alpha value is -1.92. The van der Waals surface area contributed by atoms with E-state index in [1.54, 1.807) is 39.3 Å². The van der Waals surface area contributed by atoms with Gasteiger partial charge in [-0.05, 0) is 25.1 Å². The summed E-state index contributed by atoms with van der Waals surface area (Å²) in [4.78, 5) is 25.5. The number of methoxy groups -OCH3 is 1. The third-order valence-corrected chi connectivity index (χ3v) is 3.39. The van der Waals surface area contributed by atoms with Crippen molar-refractivity contribution in [2.75, 3.05) is 38.8 Å². The minimum Gasteiger partial charge on any atom is -0.479 e. The summed E-state index contributed by atoms with van der Waals surface area (Å²) in [6.07, 6.45) is -0.500. The number of benzene rings is 1. The second-order valence-electron chi connectivity index (χ2n) is 4.93. The number of hydrogen-bond acceptors (Lipinski definition) is 5. The lowest BCUT2D eigenvalue weighted by Gasteiger charge is -2.30. The number of likely N-dealkylation sites (N-methyl/N-ethyl adjacent to an activating group) is 1. The van der Waals surface area contributed by atoms with Gasteiger partial charge in [0.2, 0.25) is 0 Å². The van der Waals surface area contributed by atoms with E-state index in [4.69, 9.17) is 9.47 Å². The van der Waals surface area contributed by atoms with E-state index >= 15 is 0 Å². The number of carbonyl (C=O) groups is 2. The highest BCUT2D eigenvalue weighted by Crippen LogP contribution is 2.33. The molecule has 1 heterocycles. The zero-order valence-electron chi connectivity index (χ0n) is 12.5. The summed E-state index contributed by atoms with van der Waals surface area (Å²) >= 11 is 0. The van der Waals surface area contributed by atoms with Crippen molar-refractivity contribution >= 4 is 17.4 Å². The number of carbonyl (C=O) groups excluding carboxylic acids is 2. The number of nitrogens with zero attached hydrogens (tertiary/aromatic N) is 1. The molecule has 1 unspecified atom stereocenters. The van der Waals surface area contributed by atoms with Crippen LogP contribution in [0.15, 0.2) is 18.2 Å². The van der Waals surface area contributed by atoms with Crippen LogP contribution in [0.1, 0.15) is 17.3 Å². The molecule has 0 saturated heterocycles. The van der Waals surface area contributed by atoms with E-state index in [1.807, 2.05) is 0 Å². The van der Waals surface area contributed by atoms with Gasteiger partial charge in [-0.3, -0.25) is 9.59 Å². The molecule has 1 aliphatic rings. The molecule has 1 aromatic carbocycles. The molecule has 0 radical (unpaired) electrons. The largest absolute Gasteiger partial charge is 0.479 e. The normalized spacial score (nSPS) is 17.4. The van der Waals surface area contributed by atoms with Crippen LogP contribution in [0.25, 0.3) is 0 Å². The first-order chi connectivity index (χ1) is 10.0. The Labute approximate surface area is 124 Å². The van der Waals surface area contributed by atoms with E-state index < -0.39 is 6.10 Å². The topological polar surface area (TPSA) is 67.9 Å². The molecule has 0 aromatic heterocycles. The first-order valence-electron chi connectivity index (χ1n) is 6.85. The van der Waals surface area contributed by atoms with Crippen LogP contribution in [0, 0.1) is 0 Å². The highest BCUT2D eigenvalue weighted by Gasteiger charge is 2.29. The number of rotatable bonds is 6. The molecule has 21 heavy (non-hydrogen) atoms. The maximum absolute atomic E-state index is 12.1. The molecular weight excluding hydrogens is 272 g/mol. The van der Waals surface area contributed by atoms with Crippen molar-refractivity contribution in [2.24, 2.45) is 0 Å². The molecule has 1 aliphatic heterocycles. The Morgan fingerprint density at radius 3 is 2.95 bits per heavy atom. The minimum absolute atomic E-state index is 0.0339. The van der Waals surface area contributed by atoms with Gasteiger partial charge in [-0.25, -0.2) is 0 Å². The Balaban J connectivity index is 2.10. The van der Waals surface area contributed by atoms with Gasteiger partial charge >= 0.3 is 0 Å². The fraction of sp³-hybridized carbons (Fsp3) is 0.467. The summed E-state index contributed by atoms with van der Waals surface area (Å²) in [6, 6.07) is 5.14. The molecule has 1 atom stereocenters. The van der Waals surface area contributed by atoms with Crippen molar-refractivity contribution in [3.05, 3.63) is 23.8 Å². The zero-order chi connectivity index (χ0) is 15.4. The average molecular weight is 292 g/mol. The molecule has 6 nitrogen and oxygen atoms in total. The molecule has 0 bridgehead atoms. The highest BCUT2D eigenvalue weighted by atomic mass is 16.5. The maximum Gasteiger partial charge on any atom is 0.267 e. The Morgan fingerprint density at radius 2 is 2.24 bits per heavy atom. The van der Waals surface area contributed by atoms with Gasteiger partial charge in [0.05, 0.1) is 18.8 Å². The maximum atomic E-state index is 12.1. The average Bonchev–Trinajstić information content (AvgIpc) is 2.49. The highest BCUT2D eigenvalue weighted by molar-refractivity contribution is 6.03. The molecule has 114 valence electrons. The Morgan fingerprint density at radius 1 is 1.48 bits per heavy atom. The SMILES string of the molecule is COCCNCC(=O)c1ccc2c(c1)N(C)C(=O)C(C)O2. The summed E-state index contributed by atoms with van der Waals surface area (Å²) in [5.74, 6) is 0.465. The van der Waals surface area contributed by atoms with Crippen LogP contribution in [0.4, 0.5) is 5.69 Å². The lowest BCUT2D eigenvalue weighted by molar-refractivity contribution is -0.125.